The lowest BCUT2D eigenvalue weighted by Gasteiger charge is -2.30. The molecule has 0 spiro atoms. The maximum absolute atomic E-state index is 13.0. The lowest BCUT2D eigenvalue weighted by atomic mass is 9.92. The number of nitrogens with one attached hydrogen (secondary N) is 2. The highest BCUT2D eigenvalue weighted by Crippen LogP contribution is 2.23. The summed E-state index contributed by atoms with van der Waals surface area (Å²) in [5.74, 6) is -0.694. The molecule has 1 aliphatic heterocycles. The first-order valence-corrected chi connectivity index (χ1v) is 10.6. The van der Waals surface area contributed by atoms with E-state index in [0.717, 1.165) is 11.1 Å². The highest BCUT2D eigenvalue weighted by atomic mass is 16.5. The monoisotopic (exact) mass is 422 g/mol. The van der Waals surface area contributed by atoms with E-state index in [-0.39, 0.29) is 30.1 Å². The number of ketones is 1. The first-order valence-electron chi connectivity index (χ1n) is 10.6. The van der Waals surface area contributed by atoms with E-state index in [9.17, 15) is 14.4 Å². The van der Waals surface area contributed by atoms with Gasteiger partial charge in [0.05, 0.1) is 6.10 Å². The Morgan fingerprint density at radius 1 is 1.06 bits per heavy atom. The van der Waals surface area contributed by atoms with Gasteiger partial charge in [-0.2, -0.15) is 0 Å². The van der Waals surface area contributed by atoms with E-state index in [4.69, 9.17) is 4.74 Å². The van der Waals surface area contributed by atoms with Gasteiger partial charge in [-0.25, -0.2) is 0 Å². The third-order valence-corrected chi connectivity index (χ3v) is 5.82. The number of amides is 2. The molecule has 2 N–H and O–H groups in total. The number of benzene rings is 2. The Hall–Kier alpha value is -2.99. The Morgan fingerprint density at radius 3 is 2.23 bits per heavy atom. The quantitative estimate of drug-likeness (QED) is 0.717. The summed E-state index contributed by atoms with van der Waals surface area (Å²) in [7, 11) is 0. The van der Waals surface area contributed by atoms with Gasteiger partial charge in [-0.3, -0.25) is 14.4 Å². The molecule has 6 heteroatoms. The minimum atomic E-state index is -1.09. The molecule has 2 aromatic rings. The van der Waals surface area contributed by atoms with Crippen LogP contribution in [0.5, 0.6) is 0 Å². The van der Waals surface area contributed by atoms with E-state index in [2.05, 4.69) is 10.6 Å². The minimum absolute atomic E-state index is 0.0209. The third kappa shape index (κ3) is 5.20. The average molecular weight is 423 g/mol. The summed E-state index contributed by atoms with van der Waals surface area (Å²) in [6.07, 6.45) is 0.0315. The maximum Gasteiger partial charge on any atom is 0.251 e. The van der Waals surface area contributed by atoms with Crippen LogP contribution in [-0.4, -0.2) is 41.9 Å². The highest BCUT2D eigenvalue weighted by Gasteiger charge is 2.47. The number of rotatable bonds is 7. The average Bonchev–Trinajstić information content (AvgIpc) is 3.00. The molecule has 1 heterocycles. The predicted molar refractivity (Wildman–Crippen MR) is 120 cm³/mol. The summed E-state index contributed by atoms with van der Waals surface area (Å²) >= 11 is 0. The van der Waals surface area contributed by atoms with Crippen molar-refractivity contribution in [2.45, 2.75) is 51.8 Å². The molecular weight excluding hydrogens is 392 g/mol. The number of ether oxygens (including phenoxy) is 1. The molecule has 164 valence electrons. The van der Waals surface area contributed by atoms with Crippen LogP contribution in [0.1, 0.15) is 44.5 Å². The summed E-state index contributed by atoms with van der Waals surface area (Å²) in [4.78, 5) is 38.1. The van der Waals surface area contributed by atoms with Crippen molar-refractivity contribution in [3.8, 4) is 11.1 Å². The van der Waals surface area contributed by atoms with Crippen molar-refractivity contribution in [1.82, 2.24) is 10.6 Å². The largest absolute Gasteiger partial charge is 0.368 e. The first-order chi connectivity index (χ1) is 14.7. The molecule has 0 unspecified atom stereocenters. The molecule has 1 aliphatic rings. The van der Waals surface area contributed by atoms with Crippen molar-refractivity contribution < 1.29 is 19.1 Å². The fraction of sp³-hybridized carbons (Fsp3) is 0.400. The SMILES string of the molecule is CC(C)C[C@H](NC(=O)c1ccc(-c2ccccc2)cc1)C(=O)N[C@@]1(C)C(=O)CO[C@@H]1C. The van der Waals surface area contributed by atoms with Gasteiger partial charge in [0, 0.05) is 5.56 Å². The van der Waals surface area contributed by atoms with Crippen LogP contribution in [0.25, 0.3) is 11.1 Å². The Labute approximate surface area is 183 Å². The molecule has 1 fully saturated rings. The highest BCUT2D eigenvalue weighted by molar-refractivity contribution is 6.00. The van der Waals surface area contributed by atoms with Crippen LogP contribution in [0, 0.1) is 5.92 Å². The van der Waals surface area contributed by atoms with Crippen LogP contribution >= 0.6 is 0 Å². The zero-order chi connectivity index (χ0) is 22.6. The zero-order valence-corrected chi connectivity index (χ0v) is 18.5. The van der Waals surface area contributed by atoms with Crippen LogP contribution in [0.15, 0.2) is 54.6 Å². The smallest absolute Gasteiger partial charge is 0.251 e. The van der Waals surface area contributed by atoms with Gasteiger partial charge < -0.3 is 15.4 Å². The molecule has 0 aliphatic carbocycles. The molecule has 1 saturated heterocycles. The second-order valence-electron chi connectivity index (χ2n) is 8.67. The van der Waals surface area contributed by atoms with Crippen LogP contribution in [0.3, 0.4) is 0 Å². The summed E-state index contributed by atoms with van der Waals surface area (Å²) in [5, 5.41) is 5.66. The maximum atomic E-state index is 13.0. The van der Waals surface area contributed by atoms with Crippen molar-refractivity contribution in [2.75, 3.05) is 6.61 Å². The van der Waals surface area contributed by atoms with Crippen molar-refractivity contribution in [1.29, 1.82) is 0 Å². The zero-order valence-electron chi connectivity index (χ0n) is 18.5. The van der Waals surface area contributed by atoms with Gasteiger partial charge in [0.25, 0.3) is 5.91 Å². The van der Waals surface area contributed by atoms with Crippen molar-refractivity contribution in [3.63, 3.8) is 0 Å². The van der Waals surface area contributed by atoms with E-state index >= 15 is 0 Å². The Kier molecular flexibility index (Phi) is 6.91. The first kappa shape index (κ1) is 22.7. The molecule has 6 nitrogen and oxygen atoms in total. The van der Waals surface area contributed by atoms with E-state index in [1.165, 1.54) is 0 Å². The van der Waals surface area contributed by atoms with Crippen molar-refractivity contribution in [2.24, 2.45) is 5.92 Å². The summed E-state index contributed by atoms with van der Waals surface area (Å²) < 4.78 is 5.39. The van der Waals surface area contributed by atoms with Crippen LogP contribution in [-0.2, 0) is 14.3 Å². The lowest BCUT2D eigenvalue weighted by Crippen LogP contribution is -2.60. The second kappa shape index (κ2) is 9.43. The topological polar surface area (TPSA) is 84.5 Å². The van der Waals surface area contributed by atoms with Gasteiger partial charge in [-0.1, -0.05) is 56.3 Å². The van der Waals surface area contributed by atoms with E-state index in [0.29, 0.717) is 12.0 Å². The van der Waals surface area contributed by atoms with Crippen LogP contribution in [0.4, 0.5) is 0 Å². The molecule has 3 rings (SSSR count). The van der Waals surface area contributed by atoms with Gasteiger partial charge in [0.2, 0.25) is 5.91 Å². The number of carbonyl (C=O) groups is 3. The fourth-order valence-corrected chi connectivity index (χ4v) is 3.65. The summed E-state index contributed by atoms with van der Waals surface area (Å²) in [6, 6.07) is 16.4. The number of hydrogen-bond acceptors (Lipinski definition) is 4. The van der Waals surface area contributed by atoms with E-state index in [1.807, 2.05) is 56.3 Å². The van der Waals surface area contributed by atoms with Crippen LogP contribution < -0.4 is 10.6 Å². The van der Waals surface area contributed by atoms with Crippen molar-refractivity contribution >= 4 is 17.6 Å². The molecule has 0 radical (unpaired) electrons. The van der Waals surface area contributed by atoms with E-state index in [1.54, 1.807) is 26.0 Å². The Bertz CT molecular complexity index is 940. The molecular formula is C25H30N2O4. The Balaban J connectivity index is 1.72. The molecule has 2 aromatic carbocycles. The predicted octanol–water partition coefficient (Wildman–Crippen LogP) is 3.36. The molecule has 2 amide bonds. The van der Waals surface area contributed by atoms with Gasteiger partial charge in [-0.15, -0.1) is 0 Å². The minimum Gasteiger partial charge on any atom is -0.368 e. The number of Topliss-reactive ketones (excluding diaryl/α,β-unsaturated/α-hetero) is 1. The molecule has 0 saturated carbocycles. The van der Waals surface area contributed by atoms with E-state index < -0.39 is 17.7 Å². The van der Waals surface area contributed by atoms with Gasteiger partial charge in [0.1, 0.15) is 18.2 Å². The lowest BCUT2D eigenvalue weighted by molar-refractivity contribution is -0.130. The van der Waals surface area contributed by atoms with Crippen LogP contribution in [0.2, 0.25) is 0 Å². The molecule has 0 bridgehead atoms. The van der Waals surface area contributed by atoms with Crippen molar-refractivity contribution in [3.05, 3.63) is 60.2 Å². The van der Waals surface area contributed by atoms with Gasteiger partial charge >= 0.3 is 0 Å². The summed E-state index contributed by atoms with van der Waals surface area (Å²) in [5.41, 5.74) is 1.46. The standard InChI is InChI=1S/C25H30N2O4/c1-16(2)14-21(24(30)27-25(4)17(3)31-15-22(25)28)26-23(29)20-12-10-19(11-13-20)18-8-6-5-7-9-18/h5-13,16-17,21H,14-15H2,1-4H3,(H,26,29)(H,27,30)/t17-,21+,25-/m1/s1. The summed E-state index contributed by atoms with van der Waals surface area (Å²) in [6.45, 7) is 7.37. The number of hydrogen-bond donors (Lipinski definition) is 2. The third-order valence-electron chi connectivity index (χ3n) is 5.82. The normalized spacial score (nSPS) is 21.7. The van der Waals surface area contributed by atoms with Gasteiger partial charge in [0.15, 0.2) is 5.78 Å². The molecule has 31 heavy (non-hydrogen) atoms. The second-order valence-corrected chi connectivity index (χ2v) is 8.67. The van der Waals surface area contributed by atoms with Gasteiger partial charge in [-0.05, 0) is 49.4 Å². The molecule has 0 aromatic heterocycles. The number of carbonyl (C=O) groups excluding carboxylic acids is 3. The fourth-order valence-electron chi connectivity index (χ4n) is 3.65. The molecule has 3 atom stereocenters. The Morgan fingerprint density at radius 2 is 1.68 bits per heavy atom.